The van der Waals surface area contributed by atoms with Gasteiger partial charge in [0.2, 0.25) is 0 Å². The molecule has 0 aromatic heterocycles. The van der Waals surface area contributed by atoms with Crippen molar-refractivity contribution >= 4 is 0 Å². The Kier molecular flexibility index (Phi) is 2.30. The van der Waals surface area contributed by atoms with Gasteiger partial charge in [-0.1, -0.05) is 24.3 Å². The lowest BCUT2D eigenvalue weighted by Crippen LogP contribution is -2.48. The van der Waals surface area contributed by atoms with Gasteiger partial charge in [0, 0.05) is 5.41 Å². The minimum absolute atomic E-state index is 0.366. The monoisotopic (exact) mass is 218 g/mol. The largest absolute Gasteiger partial charge is 0.392 e. The van der Waals surface area contributed by atoms with E-state index >= 15 is 0 Å². The summed E-state index contributed by atoms with van der Waals surface area (Å²) in [6, 6.07) is 8.29. The fraction of sp³-hybridized carbons (Fsp3) is 0.571. The van der Waals surface area contributed by atoms with Gasteiger partial charge in [0.25, 0.3) is 0 Å². The van der Waals surface area contributed by atoms with E-state index in [1.165, 1.54) is 11.1 Å². The van der Waals surface area contributed by atoms with Crippen LogP contribution in [0.1, 0.15) is 36.8 Å². The molecule has 1 fully saturated rings. The van der Waals surface area contributed by atoms with Crippen molar-refractivity contribution in [1.82, 2.24) is 0 Å². The first-order valence-electron chi connectivity index (χ1n) is 6.19. The van der Waals surface area contributed by atoms with E-state index in [4.69, 9.17) is 0 Å². The maximum atomic E-state index is 10.3. The van der Waals surface area contributed by atoms with Crippen LogP contribution in [0, 0.1) is 0 Å². The second kappa shape index (κ2) is 3.57. The van der Waals surface area contributed by atoms with Crippen LogP contribution < -0.4 is 0 Å². The highest BCUT2D eigenvalue weighted by molar-refractivity contribution is 5.40. The molecule has 0 radical (unpaired) electrons. The van der Waals surface area contributed by atoms with Crippen LogP contribution in [0.5, 0.6) is 0 Å². The Labute approximate surface area is 95.9 Å². The molecule has 2 N–H and O–H groups in total. The van der Waals surface area contributed by atoms with Gasteiger partial charge in [0.1, 0.15) is 0 Å². The molecule has 1 saturated carbocycles. The molecule has 2 nitrogen and oxygen atoms in total. The van der Waals surface area contributed by atoms with Crippen LogP contribution in [0.2, 0.25) is 0 Å². The number of aliphatic hydroxyl groups excluding tert-OH is 2. The standard InChI is InChI=1S/C14H18O2/c15-12-6-3-9-14(12)11-5-2-1-4-10(11)7-8-13(14)16/h1-2,4-5,12-13,15-16H,3,6-9H2/t12-,13-,14-/m0/s1. The predicted octanol–water partition coefficient (Wildman–Crippen LogP) is 1.78. The highest BCUT2D eigenvalue weighted by Crippen LogP contribution is 2.48. The minimum Gasteiger partial charge on any atom is -0.392 e. The van der Waals surface area contributed by atoms with Crippen LogP contribution in [-0.4, -0.2) is 22.4 Å². The number of hydrogen-bond donors (Lipinski definition) is 2. The zero-order valence-corrected chi connectivity index (χ0v) is 9.39. The van der Waals surface area contributed by atoms with Crippen LogP contribution in [0.25, 0.3) is 0 Å². The summed E-state index contributed by atoms with van der Waals surface area (Å²) in [6.45, 7) is 0. The van der Waals surface area contributed by atoms with Gasteiger partial charge in [-0.05, 0) is 43.2 Å². The molecule has 1 aromatic rings. The molecule has 1 spiro atoms. The molecule has 0 saturated heterocycles. The van der Waals surface area contributed by atoms with Crippen LogP contribution >= 0.6 is 0 Å². The molecule has 0 unspecified atom stereocenters. The quantitative estimate of drug-likeness (QED) is 0.697. The van der Waals surface area contributed by atoms with E-state index in [2.05, 4.69) is 12.1 Å². The van der Waals surface area contributed by atoms with Gasteiger partial charge in [-0.3, -0.25) is 0 Å². The molecule has 2 aliphatic carbocycles. The lowest BCUT2D eigenvalue weighted by molar-refractivity contribution is -0.00804. The number of rotatable bonds is 0. The van der Waals surface area contributed by atoms with Gasteiger partial charge in [0.15, 0.2) is 0 Å². The molecule has 16 heavy (non-hydrogen) atoms. The second-order valence-electron chi connectivity index (χ2n) is 5.16. The van der Waals surface area contributed by atoms with Gasteiger partial charge in [0.05, 0.1) is 12.2 Å². The van der Waals surface area contributed by atoms with Gasteiger partial charge in [-0.25, -0.2) is 0 Å². The van der Waals surface area contributed by atoms with E-state index in [-0.39, 0.29) is 17.6 Å². The van der Waals surface area contributed by atoms with Crippen LogP contribution in [0.3, 0.4) is 0 Å². The summed E-state index contributed by atoms with van der Waals surface area (Å²) < 4.78 is 0. The second-order valence-corrected chi connectivity index (χ2v) is 5.16. The fourth-order valence-corrected chi connectivity index (χ4v) is 3.64. The molecule has 2 aliphatic rings. The van der Waals surface area contributed by atoms with Crippen LogP contribution in [-0.2, 0) is 11.8 Å². The van der Waals surface area contributed by atoms with E-state index in [9.17, 15) is 10.2 Å². The molecule has 86 valence electrons. The molecular weight excluding hydrogens is 200 g/mol. The zero-order valence-electron chi connectivity index (χ0n) is 9.39. The normalized spacial score (nSPS) is 37.6. The highest BCUT2D eigenvalue weighted by Gasteiger charge is 2.51. The topological polar surface area (TPSA) is 40.5 Å². The van der Waals surface area contributed by atoms with Gasteiger partial charge < -0.3 is 10.2 Å². The molecule has 2 heteroatoms. The Morgan fingerprint density at radius 3 is 2.56 bits per heavy atom. The molecule has 0 aliphatic heterocycles. The van der Waals surface area contributed by atoms with Crippen LogP contribution in [0.15, 0.2) is 24.3 Å². The summed E-state index contributed by atoms with van der Waals surface area (Å²) in [5, 5.41) is 20.6. The van der Waals surface area contributed by atoms with Gasteiger partial charge in [-0.2, -0.15) is 0 Å². The zero-order chi connectivity index (χ0) is 11.2. The van der Waals surface area contributed by atoms with Gasteiger partial charge >= 0.3 is 0 Å². The number of aryl methyl sites for hydroxylation is 1. The molecular formula is C14H18O2. The number of fused-ring (bicyclic) bond motifs is 2. The predicted molar refractivity (Wildman–Crippen MR) is 62.3 cm³/mol. The van der Waals surface area contributed by atoms with Crippen molar-refractivity contribution in [1.29, 1.82) is 0 Å². The third kappa shape index (κ3) is 1.20. The Morgan fingerprint density at radius 1 is 1.06 bits per heavy atom. The summed E-state index contributed by atoms with van der Waals surface area (Å²) in [5.41, 5.74) is 2.14. The minimum atomic E-state index is -0.375. The van der Waals surface area contributed by atoms with Crippen molar-refractivity contribution < 1.29 is 10.2 Å². The highest BCUT2D eigenvalue weighted by atomic mass is 16.3. The van der Waals surface area contributed by atoms with Gasteiger partial charge in [-0.15, -0.1) is 0 Å². The lowest BCUT2D eigenvalue weighted by atomic mass is 9.66. The van der Waals surface area contributed by atoms with Crippen molar-refractivity contribution in [2.45, 2.75) is 49.7 Å². The summed E-state index contributed by atoms with van der Waals surface area (Å²) >= 11 is 0. The van der Waals surface area contributed by atoms with Crippen molar-refractivity contribution in [3.05, 3.63) is 35.4 Å². The van der Waals surface area contributed by atoms with E-state index in [1.807, 2.05) is 12.1 Å². The summed E-state index contributed by atoms with van der Waals surface area (Å²) in [6.07, 6.45) is 3.74. The van der Waals surface area contributed by atoms with E-state index in [1.54, 1.807) is 0 Å². The number of hydrogen-bond acceptors (Lipinski definition) is 2. The Morgan fingerprint density at radius 2 is 1.81 bits per heavy atom. The lowest BCUT2D eigenvalue weighted by Gasteiger charge is -2.42. The van der Waals surface area contributed by atoms with Crippen molar-refractivity contribution in [2.24, 2.45) is 0 Å². The smallest absolute Gasteiger partial charge is 0.0665 e. The first-order chi connectivity index (χ1) is 7.75. The Hall–Kier alpha value is -0.860. The Bertz CT molecular complexity index is 401. The Balaban J connectivity index is 2.16. The molecule has 0 heterocycles. The fourth-order valence-electron chi connectivity index (χ4n) is 3.64. The van der Waals surface area contributed by atoms with E-state index in [0.717, 1.165) is 32.1 Å². The maximum absolute atomic E-state index is 10.3. The average Bonchev–Trinajstić information content (AvgIpc) is 2.68. The third-order valence-corrected chi connectivity index (χ3v) is 4.46. The number of benzene rings is 1. The van der Waals surface area contributed by atoms with Crippen molar-refractivity contribution in [3.8, 4) is 0 Å². The van der Waals surface area contributed by atoms with Crippen LogP contribution in [0.4, 0.5) is 0 Å². The number of aliphatic hydroxyl groups is 2. The molecule has 0 amide bonds. The average molecular weight is 218 g/mol. The van der Waals surface area contributed by atoms with Crippen molar-refractivity contribution in [2.75, 3.05) is 0 Å². The molecule has 0 bridgehead atoms. The first kappa shape index (κ1) is 10.3. The maximum Gasteiger partial charge on any atom is 0.0665 e. The summed E-state index contributed by atoms with van der Waals surface area (Å²) in [5.74, 6) is 0. The van der Waals surface area contributed by atoms with E-state index < -0.39 is 0 Å². The molecule has 3 atom stereocenters. The first-order valence-corrected chi connectivity index (χ1v) is 6.19. The molecule has 1 aromatic carbocycles. The summed E-state index contributed by atoms with van der Waals surface area (Å²) in [7, 11) is 0. The SMILES string of the molecule is O[C@H]1CCC[C@]12c1ccccc1CC[C@@H]2O. The third-order valence-electron chi connectivity index (χ3n) is 4.46. The molecule has 3 rings (SSSR count). The van der Waals surface area contributed by atoms with E-state index in [0.29, 0.717) is 0 Å². The van der Waals surface area contributed by atoms with Crippen molar-refractivity contribution in [3.63, 3.8) is 0 Å². The summed E-state index contributed by atoms with van der Waals surface area (Å²) in [4.78, 5) is 0.